The van der Waals surface area contributed by atoms with Crippen LogP contribution in [-0.4, -0.2) is 18.1 Å². The van der Waals surface area contributed by atoms with Crippen LogP contribution in [0.3, 0.4) is 0 Å². The van der Waals surface area contributed by atoms with Gasteiger partial charge in [-0.15, -0.1) is 0 Å². The monoisotopic (exact) mass is 284 g/mol. The van der Waals surface area contributed by atoms with Crippen LogP contribution in [0.5, 0.6) is 0 Å². The topological polar surface area (TPSA) is 24.9 Å². The third-order valence-corrected chi connectivity index (χ3v) is 4.46. The second-order valence-electron chi connectivity index (χ2n) is 5.77. The Morgan fingerprint density at radius 3 is 2.86 bits per heavy atom. The average Bonchev–Trinajstić information content (AvgIpc) is 2.54. The van der Waals surface area contributed by atoms with E-state index in [4.69, 9.17) is 0 Å². The normalized spacial score (nSPS) is 19.0. The van der Waals surface area contributed by atoms with Gasteiger partial charge in [0.15, 0.2) is 0 Å². The lowest BCUT2D eigenvalue weighted by Gasteiger charge is -2.31. The highest BCUT2D eigenvalue weighted by Crippen LogP contribution is 2.33. The number of halogens is 1. The molecular weight excluding hydrogens is 263 g/mol. The molecule has 1 aliphatic rings. The molecule has 0 bridgehead atoms. The highest BCUT2D eigenvalue weighted by Gasteiger charge is 2.28. The molecule has 0 aliphatic heterocycles. The third-order valence-electron chi connectivity index (χ3n) is 4.46. The minimum atomic E-state index is -0.176. The van der Waals surface area contributed by atoms with Crippen molar-refractivity contribution in [3.8, 4) is 0 Å². The lowest BCUT2D eigenvalue weighted by atomic mass is 9.80. The van der Waals surface area contributed by atoms with Gasteiger partial charge in [0.05, 0.1) is 0 Å². The van der Waals surface area contributed by atoms with Crippen molar-refractivity contribution in [3.63, 3.8) is 0 Å². The molecule has 2 atom stereocenters. The quantitative estimate of drug-likeness (QED) is 0.930. The zero-order chi connectivity index (χ0) is 14.7. The predicted octanol–water partition coefficient (Wildman–Crippen LogP) is 3.47. The standard InChI is InChI=1S/C18H21FN2/c1-20-17(12-13-7-9-15(19)10-8-13)16-6-2-4-14-5-3-11-21-18(14)16/h3,5,7-11,16-17,20H,2,4,6,12H2,1H3. The Balaban J connectivity index is 1.82. The van der Waals surface area contributed by atoms with Crippen molar-refractivity contribution in [3.05, 3.63) is 65.2 Å². The molecule has 3 heteroatoms. The van der Waals surface area contributed by atoms with Crippen LogP contribution in [0.15, 0.2) is 42.6 Å². The molecule has 1 N–H and O–H groups in total. The number of hydrogen-bond acceptors (Lipinski definition) is 2. The Bertz CT molecular complexity index is 594. The van der Waals surface area contributed by atoms with Gasteiger partial charge in [-0.3, -0.25) is 4.98 Å². The fourth-order valence-electron chi connectivity index (χ4n) is 3.36. The maximum absolute atomic E-state index is 13.0. The van der Waals surface area contributed by atoms with Crippen LogP contribution < -0.4 is 5.32 Å². The summed E-state index contributed by atoms with van der Waals surface area (Å²) in [6.07, 6.45) is 6.30. The summed E-state index contributed by atoms with van der Waals surface area (Å²) in [6.45, 7) is 0. The number of aromatic nitrogens is 1. The molecule has 0 saturated carbocycles. The first-order chi connectivity index (χ1) is 10.3. The molecule has 110 valence electrons. The van der Waals surface area contributed by atoms with E-state index in [0.717, 1.165) is 19.3 Å². The number of pyridine rings is 1. The zero-order valence-electron chi connectivity index (χ0n) is 12.3. The first-order valence-electron chi connectivity index (χ1n) is 7.63. The highest BCUT2D eigenvalue weighted by atomic mass is 19.1. The minimum absolute atomic E-state index is 0.176. The third kappa shape index (κ3) is 3.13. The molecule has 3 rings (SSSR count). The van der Waals surface area contributed by atoms with Gasteiger partial charge in [-0.1, -0.05) is 18.2 Å². The average molecular weight is 284 g/mol. The van der Waals surface area contributed by atoms with Gasteiger partial charge >= 0.3 is 0 Å². The summed E-state index contributed by atoms with van der Waals surface area (Å²) >= 11 is 0. The molecule has 0 saturated heterocycles. The molecule has 1 aromatic carbocycles. The summed E-state index contributed by atoms with van der Waals surface area (Å²) in [6, 6.07) is 11.4. The first kappa shape index (κ1) is 14.2. The smallest absolute Gasteiger partial charge is 0.123 e. The maximum Gasteiger partial charge on any atom is 0.123 e. The van der Waals surface area contributed by atoms with Crippen molar-refractivity contribution >= 4 is 0 Å². The van der Waals surface area contributed by atoms with E-state index in [0.29, 0.717) is 12.0 Å². The summed E-state index contributed by atoms with van der Waals surface area (Å²) in [7, 11) is 2.01. The van der Waals surface area contributed by atoms with Gasteiger partial charge in [-0.05, 0) is 62.1 Å². The Labute approximate surface area is 125 Å². The van der Waals surface area contributed by atoms with Gasteiger partial charge in [0.1, 0.15) is 5.82 Å². The SMILES string of the molecule is CNC(Cc1ccc(F)cc1)C1CCCc2cccnc21. The van der Waals surface area contributed by atoms with Crippen LogP contribution in [-0.2, 0) is 12.8 Å². The second-order valence-corrected chi connectivity index (χ2v) is 5.77. The Morgan fingerprint density at radius 2 is 2.10 bits per heavy atom. The van der Waals surface area contributed by atoms with Gasteiger partial charge in [-0.25, -0.2) is 4.39 Å². The molecule has 0 amide bonds. The van der Waals surface area contributed by atoms with Gasteiger partial charge in [0.25, 0.3) is 0 Å². The van der Waals surface area contributed by atoms with Gasteiger partial charge in [0, 0.05) is 23.9 Å². The number of fused-ring (bicyclic) bond motifs is 1. The molecule has 21 heavy (non-hydrogen) atoms. The van der Waals surface area contributed by atoms with Crippen LogP contribution in [0.1, 0.15) is 35.6 Å². The van der Waals surface area contributed by atoms with Crippen LogP contribution in [0.4, 0.5) is 4.39 Å². The predicted molar refractivity (Wildman–Crippen MR) is 82.9 cm³/mol. The van der Waals surface area contributed by atoms with E-state index >= 15 is 0 Å². The number of likely N-dealkylation sites (N-methyl/N-ethyl adjacent to an activating group) is 1. The van der Waals surface area contributed by atoms with E-state index in [1.807, 2.05) is 31.4 Å². The van der Waals surface area contributed by atoms with E-state index in [1.54, 1.807) is 0 Å². The fourth-order valence-corrected chi connectivity index (χ4v) is 3.36. The molecule has 2 nitrogen and oxygen atoms in total. The molecule has 1 aliphatic carbocycles. The van der Waals surface area contributed by atoms with E-state index in [9.17, 15) is 4.39 Å². The van der Waals surface area contributed by atoms with Crippen molar-refractivity contribution < 1.29 is 4.39 Å². The van der Waals surface area contributed by atoms with Crippen LogP contribution in [0.25, 0.3) is 0 Å². The first-order valence-corrected chi connectivity index (χ1v) is 7.63. The van der Waals surface area contributed by atoms with Gasteiger partial charge in [0.2, 0.25) is 0 Å². The molecule has 0 fully saturated rings. The van der Waals surface area contributed by atoms with E-state index in [-0.39, 0.29) is 5.82 Å². The van der Waals surface area contributed by atoms with Crippen molar-refractivity contribution in [2.75, 3.05) is 7.05 Å². The minimum Gasteiger partial charge on any atom is -0.316 e. The van der Waals surface area contributed by atoms with Gasteiger partial charge in [-0.2, -0.15) is 0 Å². The molecule has 0 spiro atoms. The lowest BCUT2D eigenvalue weighted by molar-refractivity contribution is 0.402. The largest absolute Gasteiger partial charge is 0.316 e. The van der Waals surface area contributed by atoms with Gasteiger partial charge < -0.3 is 5.32 Å². The second kappa shape index (κ2) is 6.35. The van der Waals surface area contributed by atoms with Crippen molar-refractivity contribution in [2.45, 2.75) is 37.6 Å². The summed E-state index contributed by atoms with van der Waals surface area (Å²) in [4.78, 5) is 4.63. The highest BCUT2D eigenvalue weighted by molar-refractivity contribution is 5.28. The summed E-state index contributed by atoms with van der Waals surface area (Å²) in [5.41, 5.74) is 3.79. The molecule has 0 radical (unpaired) electrons. The van der Waals surface area contributed by atoms with E-state index in [2.05, 4.69) is 16.4 Å². The number of nitrogens with one attached hydrogen (secondary N) is 1. The van der Waals surface area contributed by atoms with Crippen molar-refractivity contribution in [1.82, 2.24) is 10.3 Å². The van der Waals surface area contributed by atoms with Crippen LogP contribution in [0, 0.1) is 5.82 Å². The number of benzene rings is 1. The van der Waals surface area contributed by atoms with E-state index in [1.165, 1.54) is 35.4 Å². The van der Waals surface area contributed by atoms with Crippen molar-refractivity contribution in [2.24, 2.45) is 0 Å². The number of rotatable bonds is 4. The molecular formula is C18H21FN2. The summed E-state index contributed by atoms with van der Waals surface area (Å²) in [5, 5.41) is 3.44. The summed E-state index contributed by atoms with van der Waals surface area (Å²) in [5.74, 6) is 0.259. The Morgan fingerprint density at radius 1 is 1.29 bits per heavy atom. The summed E-state index contributed by atoms with van der Waals surface area (Å²) < 4.78 is 13.0. The Hall–Kier alpha value is -1.74. The Kier molecular flexibility index (Phi) is 4.30. The van der Waals surface area contributed by atoms with Crippen LogP contribution in [0.2, 0.25) is 0 Å². The molecule has 1 aromatic heterocycles. The van der Waals surface area contributed by atoms with E-state index < -0.39 is 0 Å². The maximum atomic E-state index is 13.0. The molecule has 1 heterocycles. The number of hydrogen-bond donors (Lipinski definition) is 1. The number of nitrogens with zero attached hydrogens (tertiary/aromatic N) is 1. The lowest BCUT2D eigenvalue weighted by Crippen LogP contribution is -2.36. The van der Waals surface area contributed by atoms with Crippen LogP contribution >= 0.6 is 0 Å². The molecule has 2 aromatic rings. The van der Waals surface area contributed by atoms with Crippen molar-refractivity contribution in [1.29, 1.82) is 0 Å². The molecule has 2 unspecified atom stereocenters. The fraction of sp³-hybridized carbons (Fsp3) is 0.389. The number of aryl methyl sites for hydroxylation is 1. The zero-order valence-corrected chi connectivity index (χ0v) is 12.3.